The van der Waals surface area contributed by atoms with E-state index < -0.39 is 0 Å². The number of thiophene rings is 1. The number of hydrogen-bond acceptors (Lipinski definition) is 4. The molecule has 3 nitrogen and oxygen atoms in total. The lowest BCUT2D eigenvalue weighted by Crippen LogP contribution is -2.15. The van der Waals surface area contributed by atoms with Crippen molar-refractivity contribution in [3.63, 3.8) is 0 Å². The highest BCUT2D eigenvalue weighted by molar-refractivity contribution is 9.11. The fourth-order valence-corrected chi connectivity index (χ4v) is 3.11. The summed E-state index contributed by atoms with van der Waals surface area (Å²) in [6, 6.07) is 4.08. The highest BCUT2D eigenvalue weighted by atomic mass is 79.9. The fraction of sp³-hybridized carbons (Fsp3) is 0.385. The molecule has 0 fully saturated rings. The summed E-state index contributed by atoms with van der Waals surface area (Å²) in [7, 11) is 0. The number of rotatable bonds is 4. The highest BCUT2D eigenvalue weighted by Gasteiger charge is 2.10. The van der Waals surface area contributed by atoms with Crippen LogP contribution in [-0.2, 0) is 6.54 Å². The zero-order valence-electron chi connectivity index (χ0n) is 10.7. The van der Waals surface area contributed by atoms with Gasteiger partial charge in [-0.05, 0) is 48.5 Å². The van der Waals surface area contributed by atoms with E-state index in [9.17, 15) is 0 Å². The maximum absolute atomic E-state index is 4.61. The van der Waals surface area contributed by atoms with Crippen molar-refractivity contribution in [3.05, 3.63) is 32.9 Å². The third-order valence-corrected chi connectivity index (χ3v) is 4.39. The van der Waals surface area contributed by atoms with Crippen LogP contribution in [0.4, 0.5) is 0 Å². The monoisotopic (exact) mass is 325 g/mol. The molecule has 0 aliphatic carbocycles. The average molecular weight is 326 g/mol. The standard InChI is InChI=1S/C13H16BrN3S/c1-4-15-7-10-8(2)16-13(17-9(10)3)11-5-6-12(14)18-11/h5-6,15H,4,7H2,1-3H3. The van der Waals surface area contributed by atoms with Crippen LogP contribution in [0.3, 0.4) is 0 Å². The first-order chi connectivity index (χ1) is 8.61. The molecule has 2 heterocycles. The molecule has 18 heavy (non-hydrogen) atoms. The normalized spacial score (nSPS) is 10.9. The van der Waals surface area contributed by atoms with Gasteiger partial charge in [0.05, 0.1) is 8.66 Å². The third kappa shape index (κ3) is 2.96. The minimum absolute atomic E-state index is 0.820. The quantitative estimate of drug-likeness (QED) is 0.931. The van der Waals surface area contributed by atoms with Gasteiger partial charge in [0, 0.05) is 23.5 Å². The van der Waals surface area contributed by atoms with E-state index in [1.165, 1.54) is 5.56 Å². The zero-order valence-corrected chi connectivity index (χ0v) is 13.2. The Balaban J connectivity index is 2.36. The Hall–Kier alpha value is -0.780. The predicted molar refractivity (Wildman–Crippen MR) is 79.9 cm³/mol. The van der Waals surface area contributed by atoms with Crippen LogP contribution >= 0.6 is 27.3 Å². The van der Waals surface area contributed by atoms with Gasteiger partial charge in [0.25, 0.3) is 0 Å². The smallest absolute Gasteiger partial charge is 0.169 e. The van der Waals surface area contributed by atoms with E-state index in [0.717, 1.165) is 39.0 Å². The number of nitrogens with one attached hydrogen (secondary N) is 1. The SMILES string of the molecule is CCNCc1c(C)nc(-c2ccc(Br)s2)nc1C. The lowest BCUT2D eigenvalue weighted by Gasteiger charge is -2.10. The van der Waals surface area contributed by atoms with E-state index in [0.29, 0.717) is 0 Å². The first kappa shape index (κ1) is 13.6. The maximum atomic E-state index is 4.61. The van der Waals surface area contributed by atoms with Crippen molar-refractivity contribution in [1.82, 2.24) is 15.3 Å². The summed E-state index contributed by atoms with van der Waals surface area (Å²) in [6.07, 6.45) is 0. The minimum Gasteiger partial charge on any atom is -0.313 e. The molecule has 96 valence electrons. The van der Waals surface area contributed by atoms with Crippen molar-refractivity contribution in [3.8, 4) is 10.7 Å². The van der Waals surface area contributed by atoms with Crippen molar-refractivity contribution < 1.29 is 0 Å². The van der Waals surface area contributed by atoms with Gasteiger partial charge >= 0.3 is 0 Å². The van der Waals surface area contributed by atoms with Crippen LogP contribution < -0.4 is 5.32 Å². The van der Waals surface area contributed by atoms with E-state index in [4.69, 9.17) is 0 Å². The van der Waals surface area contributed by atoms with Crippen LogP contribution in [0.25, 0.3) is 10.7 Å². The summed E-state index contributed by atoms with van der Waals surface area (Å²) in [5.74, 6) is 0.820. The summed E-state index contributed by atoms with van der Waals surface area (Å²) < 4.78 is 1.10. The van der Waals surface area contributed by atoms with E-state index in [1.54, 1.807) is 11.3 Å². The van der Waals surface area contributed by atoms with Gasteiger partial charge in [0.2, 0.25) is 0 Å². The molecular weight excluding hydrogens is 310 g/mol. The number of aromatic nitrogens is 2. The average Bonchev–Trinajstić information content (AvgIpc) is 2.75. The Kier molecular flexibility index (Phi) is 4.48. The predicted octanol–water partition coefficient (Wildman–Crippen LogP) is 3.69. The lowest BCUT2D eigenvalue weighted by atomic mass is 10.1. The van der Waals surface area contributed by atoms with Crippen molar-refractivity contribution in [2.24, 2.45) is 0 Å². The molecule has 0 aliphatic rings. The van der Waals surface area contributed by atoms with Gasteiger partial charge in [-0.15, -0.1) is 11.3 Å². The second kappa shape index (κ2) is 5.91. The first-order valence-corrected chi connectivity index (χ1v) is 7.53. The molecule has 2 aromatic rings. The molecule has 0 aliphatic heterocycles. The third-order valence-electron chi connectivity index (χ3n) is 2.77. The van der Waals surface area contributed by atoms with Crippen molar-refractivity contribution in [1.29, 1.82) is 0 Å². The lowest BCUT2D eigenvalue weighted by molar-refractivity contribution is 0.711. The second-order valence-corrected chi connectivity index (χ2v) is 6.54. The van der Waals surface area contributed by atoms with E-state index in [1.807, 2.05) is 26.0 Å². The largest absolute Gasteiger partial charge is 0.313 e. The molecule has 0 spiro atoms. The molecule has 2 rings (SSSR count). The van der Waals surface area contributed by atoms with Crippen LogP contribution in [0, 0.1) is 13.8 Å². The number of nitrogens with zero attached hydrogens (tertiary/aromatic N) is 2. The molecule has 0 aromatic carbocycles. The molecule has 0 bridgehead atoms. The Labute approximate surface area is 120 Å². The second-order valence-electron chi connectivity index (χ2n) is 4.08. The molecule has 0 saturated heterocycles. The fourth-order valence-electron chi connectivity index (χ4n) is 1.79. The summed E-state index contributed by atoms with van der Waals surface area (Å²) in [5, 5.41) is 3.32. The van der Waals surface area contributed by atoms with E-state index in [-0.39, 0.29) is 0 Å². The zero-order chi connectivity index (χ0) is 13.1. The highest BCUT2D eigenvalue weighted by Crippen LogP contribution is 2.29. The molecule has 0 amide bonds. The maximum Gasteiger partial charge on any atom is 0.169 e. The summed E-state index contributed by atoms with van der Waals surface area (Å²) >= 11 is 5.13. The molecular formula is C13H16BrN3S. The molecule has 2 aromatic heterocycles. The van der Waals surface area contributed by atoms with Crippen molar-refractivity contribution in [2.75, 3.05) is 6.54 Å². The van der Waals surface area contributed by atoms with Crippen LogP contribution in [-0.4, -0.2) is 16.5 Å². The van der Waals surface area contributed by atoms with Crippen LogP contribution in [0.15, 0.2) is 15.9 Å². The Morgan fingerprint density at radius 2 is 1.89 bits per heavy atom. The summed E-state index contributed by atoms with van der Waals surface area (Å²) in [6.45, 7) is 7.99. The number of halogens is 1. The summed E-state index contributed by atoms with van der Waals surface area (Å²) in [5.41, 5.74) is 3.32. The topological polar surface area (TPSA) is 37.8 Å². The van der Waals surface area contributed by atoms with Gasteiger partial charge in [0.15, 0.2) is 5.82 Å². The van der Waals surface area contributed by atoms with E-state index >= 15 is 0 Å². The van der Waals surface area contributed by atoms with Gasteiger partial charge in [-0.25, -0.2) is 9.97 Å². The van der Waals surface area contributed by atoms with Gasteiger partial charge in [-0.3, -0.25) is 0 Å². The molecule has 0 radical (unpaired) electrons. The minimum atomic E-state index is 0.820. The molecule has 5 heteroatoms. The van der Waals surface area contributed by atoms with Gasteiger partial charge < -0.3 is 5.32 Å². The van der Waals surface area contributed by atoms with Crippen LogP contribution in [0.2, 0.25) is 0 Å². The Morgan fingerprint density at radius 1 is 1.22 bits per heavy atom. The van der Waals surface area contributed by atoms with Gasteiger partial charge in [0.1, 0.15) is 0 Å². The van der Waals surface area contributed by atoms with E-state index in [2.05, 4.69) is 38.1 Å². The molecule has 0 atom stereocenters. The molecule has 0 saturated carbocycles. The Bertz CT molecular complexity index is 528. The number of hydrogen-bond donors (Lipinski definition) is 1. The number of aryl methyl sites for hydroxylation is 2. The first-order valence-electron chi connectivity index (χ1n) is 5.92. The van der Waals surface area contributed by atoms with Crippen LogP contribution in [0.5, 0.6) is 0 Å². The van der Waals surface area contributed by atoms with Crippen molar-refractivity contribution in [2.45, 2.75) is 27.3 Å². The van der Waals surface area contributed by atoms with Gasteiger partial charge in [-0.2, -0.15) is 0 Å². The molecule has 0 unspecified atom stereocenters. The van der Waals surface area contributed by atoms with Crippen LogP contribution in [0.1, 0.15) is 23.9 Å². The van der Waals surface area contributed by atoms with Gasteiger partial charge in [-0.1, -0.05) is 6.92 Å². The van der Waals surface area contributed by atoms with Crippen molar-refractivity contribution >= 4 is 27.3 Å². The molecule has 1 N–H and O–H groups in total. The summed E-state index contributed by atoms with van der Waals surface area (Å²) in [4.78, 5) is 10.3. The Morgan fingerprint density at radius 3 is 2.39 bits per heavy atom.